The van der Waals surface area contributed by atoms with Crippen LogP contribution in [-0.2, 0) is 12.3 Å². The summed E-state index contributed by atoms with van der Waals surface area (Å²) in [5.41, 5.74) is 4.20. The first kappa shape index (κ1) is 11.6. The molecule has 0 amide bonds. The molecule has 0 N–H and O–H groups in total. The van der Waals surface area contributed by atoms with Gasteiger partial charge in [-0.3, -0.25) is 0 Å². The van der Waals surface area contributed by atoms with Crippen LogP contribution >= 0.6 is 11.8 Å². The monoisotopic (exact) mass is 233 g/mol. The molecule has 0 aliphatic carbocycles. The highest BCUT2D eigenvalue weighted by molar-refractivity contribution is 7.98. The van der Waals surface area contributed by atoms with Crippen LogP contribution in [0, 0.1) is 6.92 Å². The average molecular weight is 233 g/mol. The fourth-order valence-electron chi connectivity index (χ4n) is 2.07. The summed E-state index contributed by atoms with van der Waals surface area (Å²) in [4.78, 5) is 0. The van der Waals surface area contributed by atoms with Crippen molar-refractivity contribution in [3.8, 4) is 0 Å². The molecule has 1 heterocycles. The SMILES string of the molecule is CCSCc1cn(CC)c2ccc(C)cc12. The van der Waals surface area contributed by atoms with E-state index in [9.17, 15) is 0 Å². The van der Waals surface area contributed by atoms with Crippen molar-refractivity contribution in [2.75, 3.05) is 5.75 Å². The zero-order chi connectivity index (χ0) is 11.5. The zero-order valence-corrected chi connectivity index (χ0v) is 11.1. The lowest BCUT2D eigenvalue weighted by Gasteiger charge is -2.00. The Labute approximate surface area is 102 Å². The second-order valence-corrected chi connectivity index (χ2v) is 5.37. The predicted molar refractivity (Wildman–Crippen MR) is 74.2 cm³/mol. The van der Waals surface area contributed by atoms with Gasteiger partial charge in [0.1, 0.15) is 0 Å². The van der Waals surface area contributed by atoms with Crippen LogP contribution in [0.25, 0.3) is 10.9 Å². The molecule has 0 fully saturated rings. The molecule has 2 heteroatoms. The number of fused-ring (bicyclic) bond motifs is 1. The van der Waals surface area contributed by atoms with Gasteiger partial charge in [-0.15, -0.1) is 0 Å². The summed E-state index contributed by atoms with van der Waals surface area (Å²) in [6.07, 6.45) is 2.31. The van der Waals surface area contributed by atoms with Crippen LogP contribution in [0.5, 0.6) is 0 Å². The molecule has 0 aliphatic heterocycles. The first-order valence-corrected chi connectivity index (χ1v) is 7.07. The first-order valence-electron chi connectivity index (χ1n) is 5.92. The summed E-state index contributed by atoms with van der Waals surface area (Å²) in [5, 5.41) is 1.43. The number of nitrogens with zero attached hydrogens (tertiary/aromatic N) is 1. The van der Waals surface area contributed by atoms with Gasteiger partial charge in [0, 0.05) is 29.4 Å². The highest BCUT2D eigenvalue weighted by Crippen LogP contribution is 2.26. The van der Waals surface area contributed by atoms with E-state index in [1.807, 2.05) is 11.8 Å². The first-order chi connectivity index (χ1) is 7.76. The van der Waals surface area contributed by atoms with Gasteiger partial charge in [0.25, 0.3) is 0 Å². The Morgan fingerprint density at radius 3 is 2.75 bits per heavy atom. The van der Waals surface area contributed by atoms with E-state index in [-0.39, 0.29) is 0 Å². The van der Waals surface area contributed by atoms with E-state index in [4.69, 9.17) is 0 Å². The van der Waals surface area contributed by atoms with Gasteiger partial charge in [-0.1, -0.05) is 18.6 Å². The molecular formula is C14H19NS. The van der Waals surface area contributed by atoms with Gasteiger partial charge in [-0.05, 0) is 37.3 Å². The van der Waals surface area contributed by atoms with Gasteiger partial charge < -0.3 is 4.57 Å². The van der Waals surface area contributed by atoms with E-state index in [1.165, 1.54) is 27.8 Å². The number of aryl methyl sites for hydroxylation is 2. The van der Waals surface area contributed by atoms with Crippen LogP contribution in [0.4, 0.5) is 0 Å². The Hall–Kier alpha value is -0.890. The molecule has 1 nitrogen and oxygen atoms in total. The van der Waals surface area contributed by atoms with Gasteiger partial charge in [0.05, 0.1) is 0 Å². The fourth-order valence-corrected chi connectivity index (χ4v) is 2.73. The van der Waals surface area contributed by atoms with Crippen LogP contribution in [0.2, 0.25) is 0 Å². The highest BCUT2D eigenvalue weighted by atomic mass is 32.2. The Kier molecular flexibility index (Phi) is 3.59. The van der Waals surface area contributed by atoms with Crippen LogP contribution in [0.15, 0.2) is 24.4 Å². The Balaban J connectivity index is 2.50. The molecule has 1 aromatic heterocycles. The molecular weight excluding hydrogens is 214 g/mol. The zero-order valence-electron chi connectivity index (χ0n) is 10.3. The van der Waals surface area contributed by atoms with Gasteiger partial charge >= 0.3 is 0 Å². The molecule has 0 bridgehead atoms. The molecule has 86 valence electrons. The summed E-state index contributed by atoms with van der Waals surface area (Å²) in [7, 11) is 0. The van der Waals surface area contributed by atoms with E-state index in [2.05, 4.69) is 49.7 Å². The summed E-state index contributed by atoms with van der Waals surface area (Å²) >= 11 is 1.99. The summed E-state index contributed by atoms with van der Waals surface area (Å²) in [5.74, 6) is 2.31. The summed E-state index contributed by atoms with van der Waals surface area (Å²) < 4.78 is 2.35. The third-order valence-electron chi connectivity index (χ3n) is 2.92. The maximum atomic E-state index is 2.35. The van der Waals surface area contributed by atoms with Crippen LogP contribution < -0.4 is 0 Å². The Morgan fingerprint density at radius 2 is 2.06 bits per heavy atom. The molecule has 0 atom stereocenters. The lowest BCUT2D eigenvalue weighted by atomic mass is 10.1. The van der Waals surface area contributed by atoms with Crippen molar-refractivity contribution >= 4 is 22.7 Å². The Bertz CT molecular complexity index is 485. The molecule has 0 unspecified atom stereocenters. The lowest BCUT2D eigenvalue weighted by molar-refractivity contribution is 0.795. The number of hydrogen-bond donors (Lipinski definition) is 0. The van der Waals surface area contributed by atoms with Gasteiger partial charge in [0.2, 0.25) is 0 Å². The van der Waals surface area contributed by atoms with Gasteiger partial charge in [-0.25, -0.2) is 0 Å². The largest absolute Gasteiger partial charge is 0.347 e. The minimum Gasteiger partial charge on any atom is -0.347 e. The molecule has 1 aromatic carbocycles. The van der Waals surface area contributed by atoms with Crippen molar-refractivity contribution in [1.82, 2.24) is 4.57 Å². The highest BCUT2D eigenvalue weighted by Gasteiger charge is 2.07. The van der Waals surface area contributed by atoms with E-state index in [0.29, 0.717) is 0 Å². The number of rotatable bonds is 4. The number of benzene rings is 1. The average Bonchev–Trinajstić information content (AvgIpc) is 2.64. The van der Waals surface area contributed by atoms with Crippen molar-refractivity contribution in [2.24, 2.45) is 0 Å². The molecule has 2 rings (SSSR count). The van der Waals surface area contributed by atoms with Crippen LogP contribution in [0.3, 0.4) is 0 Å². The van der Waals surface area contributed by atoms with E-state index in [1.54, 1.807) is 0 Å². The number of hydrogen-bond acceptors (Lipinski definition) is 1. The molecule has 0 radical (unpaired) electrons. The molecule has 0 aliphatic rings. The molecule has 0 spiro atoms. The van der Waals surface area contributed by atoms with Crippen molar-refractivity contribution in [3.05, 3.63) is 35.5 Å². The standard InChI is InChI=1S/C14H19NS/c1-4-15-9-12(10-16-5-2)13-8-11(3)6-7-14(13)15/h6-9H,4-5,10H2,1-3H3. The normalized spacial score (nSPS) is 11.2. The second kappa shape index (κ2) is 4.96. The van der Waals surface area contributed by atoms with Gasteiger partial charge in [-0.2, -0.15) is 11.8 Å². The number of aromatic nitrogens is 1. The molecule has 2 aromatic rings. The van der Waals surface area contributed by atoms with Crippen molar-refractivity contribution < 1.29 is 0 Å². The molecule has 0 saturated heterocycles. The van der Waals surface area contributed by atoms with Crippen molar-refractivity contribution in [3.63, 3.8) is 0 Å². The van der Waals surface area contributed by atoms with E-state index < -0.39 is 0 Å². The van der Waals surface area contributed by atoms with Crippen LogP contribution in [0.1, 0.15) is 25.0 Å². The van der Waals surface area contributed by atoms with E-state index >= 15 is 0 Å². The Morgan fingerprint density at radius 1 is 1.25 bits per heavy atom. The maximum absolute atomic E-state index is 2.35. The third-order valence-corrected chi connectivity index (χ3v) is 3.84. The van der Waals surface area contributed by atoms with Crippen molar-refractivity contribution in [2.45, 2.75) is 33.1 Å². The van der Waals surface area contributed by atoms with Crippen LogP contribution in [-0.4, -0.2) is 10.3 Å². The molecule has 0 saturated carbocycles. The lowest BCUT2D eigenvalue weighted by Crippen LogP contribution is -1.90. The number of thioether (sulfide) groups is 1. The minimum absolute atomic E-state index is 1.05. The summed E-state index contributed by atoms with van der Waals surface area (Å²) in [6, 6.07) is 6.76. The predicted octanol–water partition coefficient (Wildman–Crippen LogP) is 4.22. The quantitative estimate of drug-likeness (QED) is 0.765. The van der Waals surface area contributed by atoms with Crippen molar-refractivity contribution in [1.29, 1.82) is 0 Å². The fraction of sp³-hybridized carbons (Fsp3) is 0.429. The minimum atomic E-state index is 1.05. The maximum Gasteiger partial charge on any atom is 0.0483 e. The smallest absolute Gasteiger partial charge is 0.0483 e. The molecule has 16 heavy (non-hydrogen) atoms. The topological polar surface area (TPSA) is 4.93 Å². The van der Waals surface area contributed by atoms with E-state index in [0.717, 1.165) is 12.3 Å². The summed E-state index contributed by atoms with van der Waals surface area (Å²) in [6.45, 7) is 7.64. The van der Waals surface area contributed by atoms with Gasteiger partial charge in [0.15, 0.2) is 0 Å². The third kappa shape index (κ3) is 2.12. The second-order valence-electron chi connectivity index (χ2n) is 4.10.